The van der Waals surface area contributed by atoms with Crippen LogP contribution in [0.2, 0.25) is 0 Å². The first-order valence-electron chi connectivity index (χ1n) is 10.9. The van der Waals surface area contributed by atoms with Gasteiger partial charge in [-0.05, 0) is 24.5 Å². The zero-order chi connectivity index (χ0) is 24.1. The highest BCUT2D eigenvalue weighted by molar-refractivity contribution is 7.99. The number of thioether (sulfide) groups is 1. The first kappa shape index (κ1) is 25.4. The number of nitrogens with one attached hydrogen (secondary N) is 2. The van der Waals surface area contributed by atoms with Crippen LogP contribution in [-0.2, 0) is 14.3 Å². The predicted octanol–water partition coefficient (Wildman–Crippen LogP) is -1.63. The summed E-state index contributed by atoms with van der Waals surface area (Å²) in [6, 6.07) is -1.68. The van der Waals surface area contributed by atoms with Crippen molar-refractivity contribution in [2.45, 2.75) is 68.7 Å². The molecular weight excluding hydrogens is 456 g/mol. The number of hydrogen-bond donors (Lipinski definition) is 6. The molecule has 13 heteroatoms. The van der Waals surface area contributed by atoms with Crippen LogP contribution in [0.5, 0.6) is 0 Å². The topological polar surface area (TPSA) is 197 Å². The molecule has 2 fully saturated rings. The molecule has 33 heavy (non-hydrogen) atoms. The van der Waals surface area contributed by atoms with Gasteiger partial charge in [-0.1, -0.05) is 19.3 Å². The molecule has 0 aromatic carbocycles. The van der Waals surface area contributed by atoms with Gasteiger partial charge in [0.2, 0.25) is 5.91 Å². The average molecular weight is 487 g/mol. The molecule has 6 atom stereocenters. The number of amides is 1. The van der Waals surface area contributed by atoms with Gasteiger partial charge in [-0.3, -0.25) is 19.1 Å². The molecule has 0 radical (unpaired) electrons. The number of aliphatic hydroxyl groups excluding tert-OH is 2. The number of carbonyl (C=O) groups excluding carboxylic acids is 1. The molecular formula is C20H30N4O8S. The van der Waals surface area contributed by atoms with Gasteiger partial charge in [-0.15, -0.1) is 0 Å². The van der Waals surface area contributed by atoms with Crippen molar-refractivity contribution in [1.82, 2.24) is 14.9 Å². The van der Waals surface area contributed by atoms with Crippen molar-refractivity contribution in [3.8, 4) is 0 Å². The smallest absolute Gasteiger partial charge is 0.330 e. The number of nitrogens with two attached hydrogens (primary N) is 1. The predicted molar refractivity (Wildman–Crippen MR) is 119 cm³/mol. The number of aliphatic carboxylic acids is 1. The number of nitrogens with zero attached hydrogens (tertiary/aromatic N) is 1. The zero-order valence-corrected chi connectivity index (χ0v) is 18.8. The van der Waals surface area contributed by atoms with E-state index in [0.29, 0.717) is 11.7 Å². The lowest BCUT2D eigenvalue weighted by Crippen LogP contribution is -2.56. The van der Waals surface area contributed by atoms with Gasteiger partial charge in [0.1, 0.15) is 18.3 Å². The van der Waals surface area contributed by atoms with Gasteiger partial charge in [0.25, 0.3) is 5.56 Å². The van der Waals surface area contributed by atoms with Crippen molar-refractivity contribution in [1.29, 1.82) is 0 Å². The van der Waals surface area contributed by atoms with E-state index < -0.39 is 59.7 Å². The zero-order valence-electron chi connectivity index (χ0n) is 18.0. The Bertz CT molecular complexity index is 946. The second-order valence-corrected chi connectivity index (χ2v) is 9.54. The van der Waals surface area contributed by atoms with Crippen LogP contribution >= 0.6 is 11.8 Å². The van der Waals surface area contributed by atoms with Crippen molar-refractivity contribution in [3.05, 3.63) is 33.1 Å². The van der Waals surface area contributed by atoms with Crippen LogP contribution in [0.4, 0.5) is 0 Å². The summed E-state index contributed by atoms with van der Waals surface area (Å²) in [4.78, 5) is 49.6. The highest BCUT2D eigenvalue weighted by Gasteiger charge is 2.50. The van der Waals surface area contributed by atoms with Gasteiger partial charge in [0.15, 0.2) is 12.3 Å². The molecule has 2 aliphatic rings. The lowest BCUT2D eigenvalue weighted by Gasteiger charge is -2.25. The minimum absolute atomic E-state index is 0.306. The van der Waals surface area contributed by atoms with Crippen LogP contribution in [0.15, 0.2) is 21.9 Å². The van der Waals surface area contributed by atoms with Crippen LogP contribution < -0.4 is 22.3 Å². The number of ether oxygens (including phenoxy) is 1. The van der Waals surface area contributed by atoms with Gasteiger partial charge >= 0.3 is 11.7 Å². The van der Waals surface area contributed by atoms with E-state index in [9.17, 15) is 34.5 Å². The van der Waals surface area contributed by atoms with Crippen LogP contribution in [0, 0.1) is 5.92 Å². The maximum atomic E-state index is 12.5. The number of rotatable bonds is 9. The Morgan fingerprint density at radius 3 is 2.58 bits per heavy atom. The quantitative estimate of drug-likeness (QED) is 0.235. The lowest BCUT2D eigenvalue weighted by molar-refractivity contribution is -0.149. The van der Waals surface area contributed by atoms with E-state index >= 15 is 0 Å². The summed E-state index contributed by atoms with van der Waals surface area (Å²) in [5, 5.41) is 32.6. The molecule has 1 aliphatic heterocycles. The van der Waals surface area contributed by atoms with E-state index in [4.69, 9.17) is 10.5 Å². The first-order valence-corrected chi connectivity index (χ1v) is 12.0. The van der Waals surface area contributed by atoms with Gasteiger partial charge in [-0.25, -0.2) is 9.59 Å². The number of carbonyl (C=O) groups is 2. The Morgan fingerprint density at radius 1 is 1.24 bits per heavy atom. The first-order chi connectivity index (χ1) is 15.7. The van der Waals surface area contributed by atoms with Crippen molar-refractivity contribution in [3.63, 3.8) is 0 Å². The Labute approximate surface area is 193 Å². The fourth-order valence-electron chi connectivity index (χ4n) is 4.15. The third-order valence-corrected chi connectivity index (χ3v) is 7.31. The second kappa shape index (κ2) is 11.3. The van der Waals surface area contributed by atoms with Crippen molar-refractivity contribution in [2.24, 2.45) is 11.7 Å². The SMILES string of the molecule is N[C@@H](CSCC1CCCCC1)C(=O)N[C@H](C(=O)O)[C@H]1O[C@@H](n2ccc(=O)[nH]c2=O)[C@H](O)[C@@H]1O. The van der Waals surface area contributed by atoms with Crippen LogP contribution in [-0.4, -0.2) is 78.6 Å². The van der Waals surface area contributed by atoms with E-state index in [1.54, 1.807) is 11.8 Å². The Kier molecular flexibility index (Phi) is 8.70. The van der Waals surface area contributed by atoms with Crippen molar-refractivity contribution >= 4 is 23.6 Å². The minimum atomic E-state index is -1.73. The second-order valence-electron chi connectivity index (χ2n) is 8.46. The molecule has 1 saturated heterocycles. The molecule has 2 heterocycles. The standard InChI is InChI=1S/C20H30N4O8S/c21-11(9-33-8-10-4-2-1-3-5-10)17(28)23-13(19(29)30)16-14(26)15(27)18(32-16)24-7-6-12(25)22-20(24)31/h6-7,10-11,13-16,18,26-27H,1-5,8-9,21H2,(H,23,28)(H,29,30)(H,22,25,31)/t11-,13-,14-,15+,16+,18+/m0/s1. The maximum Gasteiger partial charge on any atom is 0.330 e. The lowest BCUT2D eigenvalue weighted by atomic mass is 9.91. The number of aromatic amines is 1. The Morgan fingerprint density at radius 2 is 1.94 bits per heavy atom. The van der Waals surface area contributed by atoms with Crippen LogP contribution in [0.25, 0.3) is 0 Å². The van der Waals surface area contributed by atoms with E-state index in [1.807, 2.05) is 4.98 Å². The summed E-state index contributed by atoms with van der Waals surface area (Å²) in [5.41, 5.74) is 4.35. The largest absolute Gasteiger partial charge is 0.480 e. The molecule has 1 aliphatic carbocycles. The Hall–Kier alpha value is -2.19. The summed E-state index contributed by atoms with van der Waals surface area (Å²) in [6.45, 7) is 0. The van der Waals surface area contributed by atoms with Gasteiger partial charge in [0.05, 0.1) is 6.04 Å². The summed E-state index contributed by atoms with van der Waals surface area (Å²) in [6.07, 6.45) is 0.603. The maximum absolute atomic E-state index is 12.5. The molecule has 0 spiro atoms. The molecule has 1 aromatic heterocycles. The monoisotopic (exact) mass is 486 g/mol. The molecule has 12 nitrogen and oxygen atoms in total. The molecule has 0 unspecified atom stereocenters. The fourth-order valence-corrected chi connectivity index (χ4v) is 5.36. The summed E-state index contributed by atoms with van der Waals surface area (Å²) < 4.78 is 6.28. The number of carboxylic acid groups (broad SMARTS) is 1. The van der Waals surface area contributed by atoms with E-state index in [2.05, 4.69) is 5.32 Å². The Balaban J connectivity index is 1.61. The van der Waals surface area contributed by atoms with Crippen molar-refractivity contribution < 1.29 is 29.6 Å². The van der Waals surface area contributed by atoms with Crippen LogP contribution in [0.3, 0.4) is 0 Å². The number of hydrogen-bond acceptors (Lipinski definition) is 9. The van der Waals surface area contributed by atoms with E-state index in [0.717, 1.165) is 35.4 Å². The highest BCUT2D eigenvalue weighted by atomic mass is 32.2. The van der Waals surface area contributed by atoms with Crippen LogP contribution in [0.1, 0.15) is 38.3 Å². The fraction of sp³-hybridized carbons (Fsp3) is 0.700. The van der Waals surface area contributed by atoms with Gasteiger partial charge in [-0.2, -0.15) is 11.8 Å². The summed E-state index contributed by atoms with van der Waals surface area (Å²) >= 11 is 1.54. The molecule has 3 rings (SSSR count). The molecule has 1 amide bonds. The number of carboxylic acids is 1. The number of aliphatic hydroxyl groups is 2. The normalized spacial score (nSPS) is 27.7. The average Bonchev–Trinajstić information content (AvgIpc) is 3.06. The minimum Gasteiger partial charge on any atom is -0.480 e. The highest BCUT2D eigenvalue weighted by Crippen LogP contribution is 2.30. The molecule has 1 aromatic rings. The third-order valence-electron chi connectivity index (χ3n) is 6.01. The summed E-state index contributed by atoms with van der Waals surface area (Å²) in [5.74, 6) is -0.441. The molecule has 0 bridgehead atoms. The van der Waals surface area contributed by atoms with E-state index in [1.165, 1.54) is 19.3 Å². The number of H-pyrrole nitrogens is 1. The van der Waals surface area contributed by atoms with Gasteiger partial charge in [0, 0.05) is 18.0 Å². The van der Waals surface area contributed by atoms with E-state index in [-0.39, 0.29) is 0 Å². The summed E-state index contributed by atoms with van der Waals surface area (Å²) in [7, 11) is 0. The number of aromatic nitrogens is 2. The van der Waals surface area contributed by atoms with Crippen molar-refractivity contribution in [2.75, 3.05) is 11.5 Å². The molecule has 7 N–H and O–H groups in total. The molecule has 1 saturated carbocycles. The van der Waals surface area contributed by atoms with Gasteiger partial charge < -0.3 is 31.1 Å². The molecule has 184 valence electrons. The third kappa shape index (κ3) is 6.23.